The van der Waals surface area contributed by atoms with Crippen LogP contribution < -0.4 is 4.90 Å². The van der Waals surface area contributed by atoms with Gasteiger partial charge >= 0.3 is 0 Å². The molecule has 226 valence electrons. The first kappa shape index (κ1) is 28.3. The summed E-state index contributed by atoms with van der Waals surface area (Å²) in [5.41, 5.74) is 10.7. The Bertz CT molecular complexity index is 2530. The van der Waals surface area contributed by atoms with E-state index in [1.54, 1.807) is 0 Å². The summed E-state index contributed by atoms with van der Waals surface area (Å²) in [5, 5.41) is 5.28. The van der Waals surface area contributed by atoms with E-state index in [2.05, 4.69) is 193 Å². The molecular formula is C46H31NS. The highest BCUT2D eigenvalue weighted by molar-refractivity contribution is 7.26. The van der Waals surface area contributed by atoms with Crippen LogP contribution in [0.15, 0.2) is 188 Å². The van der Waals surface area contributed by atoms with Crippen LogP contribution in [-0.4, -0.2) is 0 Å². The molecular weight excluding hydrogens is 599 g/mol. The lowest BCUT2D eigenvalue weighted by atomic mass is 9.99. The van der Waals surface area contributed by atoms with Crippen molar-refractivity contribution in [2.24, 2.45) is 0 Å². The summed E-state index contributed by atoms with van der Waals surface area (Å²) >= 11 is 1.89. The second-order valence-corrected chi connectivity index (χ2v) is 13.2. The van der Waals surface area contributed by atoms with E-state index in [1.807, 2.05) is 11.3 Å². The molecule has 0 amide bonds. The summed E-state index contributed by atoms with van der Waals surface area (Å²) in [6.07, 6.45) is 0. The molecule has 1 heterocycles. The Morgan fingerprint density at radius 3 is 1.52 bits per heavy atom. The van der Waals surface area contributed by atoms with Crippen LogP contribution in [0.4, 0.5) is 17.1 Å². The van der Waals surface area contributed by atoms with Gasteiger partial charge in [0.15, 0.2) is 0 Å². The SMILES string of the molecule is c1ccc(-c2cccc(-c3ccc(N(c4ccccc4)c4ccc(-c5ccc6sc7c8ccccc8ccc7c6c5)cc4)cc3)c2)cc1. The molecule has 0 spiro atoms. The van der Waals surface area contributed by atoms with Crippen LogP contribution in [0.2, 0.25) is 0 Å². The van der Waals surface area contributed by atoms with Crippen LogP contribution in [0, 0.1) is 0 Å². The number of hydrogen-bond acceptors (Lipinski definition) is 2. The zero-order valence-electron chi connectivity index (χ0n) is 26.3. The van der Waals surface area contributed by atoms with E-state index < -0.39 is 0 Å². The normalized spacial score (nSPS) is 11.3. The van der Waals surface area contributed by atoms with Gasteiger partial charge in [-0.2, -0.15) is 0 Å². The molecule has 1 aromatic heterocycles. The molecule has 1 nitrogen and oxygen atoms in total. The average molecular weight is 630 g/mol. The van der Waals surface area contributed by atoms with E-state index >= 15 is 0 Å². The Hall–Kier alpha value is -5.96. The minimum atomic E-state index is 1.12. The lowest BCUT2D eigenvalue weighted by Crippen LogP contribution is -2.09. The molecule has 0 saturated carbocycles. The van der Waals surface area contributed by atoms with Crippen LogP contribution in [0.3, 0.4) is 0 Å². The maximum absolute atomic E-state index is 2.36. The number of benzene rings is 8. The highest BCUT2D eigenvalue weighted by atomic mass is 32.1. The third-order valence-electron chi connectivity index (χ3n) is 9.26. The van der Waals surface area contributed by atoms with Crippen molar-refractivity contribution in [1.82, 2.24) is 0 Å². The van der Waals surface area contributed by atoms with E-state index in [9.17, 15) is 0 Å². The first-order valence-corrected chi connectivity index (χ1v) is 17.2. The molecule has 2 heteroatoms. The predicted molar refractivity (Wildman–Crippen MR) is 208 cm³/mol. The van der Waals surface area contributed by atoms with Crippen molar-refractivity contribution < 1.29 is 0 Å². The fourth-order valence-electron chi connectivity index (χ4n) is 6.82. The van der Waals surface area contributed by atoms with Crippen LogP contribution in [0.1, 0.15) is 0 Å². The Kier molecular flexibility index (Phi) is 7.07. The van der Waals surface area contributed by atoms with E-state index in [4.69, 9.17) is 0 Å². The van der Waals surface area contributed by atoms with Gasteiger partial charge in [0.05, 0.1) is 0 Å². The first-order valence-electron chi connectivity index (χ1n) is 16.3. The highest BCUT2D eigenvalue weighted by Crippen LogP contribution is 2.41. The van der Waals surface area contributed by atoms with Crippen LogP contribution >= 0.6 is 11.3 Å². The molecule has 0 radical (unpaired) electrons. The number of fused-ring (bicyclic) bond motifs is 5. The Morgan fingerprint density at radius 2 is 0.833 bits per heavy atom. The Labute approximate surface area is 284 Å². The first-order chi connectivity index (χ1) is 23.8. The minimum absolute atomic E-state index is 1.12. The Morgan fingerprint density at radius 1 is 0.312 bits per heavy atom. The van der Waals surface area contributed by atoms with E-state index in [0.29, 0.717) is 0 Å². The molecule has 8 aromatic carbocycles. The third kappa shape index (κ3) is 5.13. The van der Waals surface area contributed by atoms with Crippen molar-refractivity contribution in [2.75, 3.05) is 4.90 Å². The van der Waals surface area contributed by atoms with Gasteiger partial charge in [-0.25, -0.2) is 0 Å². The second-order valence-electron chi connectivity index (χ2n) is 12.2. The summed E-state index contributed by atoms with van der Waals surface area (Å²) in [7, 11) is 0. The van der Waals surface area contributed by atoms with Crippen molar-refractivity contribution in [3.63, 3.8) is 0 Å². The largest absolute Gasteiger partial charge is 0.311 e. The molecule has 9 rings (SSSR count). The van der Waals surface area contributed by atoms with Gasteiger partial charge in [0.1, 0.15) is 0 Å². The molecule has 0 bridgehead atoms. The highest BCUT2D eigenvalue weighted by Gasteiger charge is 2.14. The summed E-state index contributed by atoms with van der Waals surface area (Å²) < 4.78 is 2.69. The summed E-state index contributed by atoms with van der Waals surface area (Å²) in [6.45, 7) is 0. The molecule has 0 saturated heterocycles. The topological polar surface area (TPSA) is 3.24 Å². The quantitative estimate of drug-likeness (QED) is 0.177. The molecule has 0 aliphatic heterocycles. The van der Waals surface area contributed by atoms with Crippen LogP contribution in [-0.2, 0) is 0 Å². The van der Waals surface area contributed by atoms with Crippen molar-refractivity contribution in [1.29, 1.82) is 0 Å². The number of nitrogens with zero attached hydrogens (tertiary/aromatic N) is 1. The van der Waals surface area contributed by atoms with Crippen LogP contribution in [0.5, 0.6) is 0 Å². The number of thiophene rings is 1. The van der Waals surface area contributed by atoms with Crippen molar-refractivity contribution >= 4 is 59.3 Å². The standard InChI is InChI=1S/C46H31NS/c1-3-10-32(11-4-1)36-13-9-14-37(30-36)33-18-24-40(25-19-33)47(39-15-5-2-6-16-39)41-26-20-34(21-27-41)38-23-29-45-44(31-38)43-28-22-35-12-7-8-17-42(35)46(43)48-45/h1-31H. The van der Waals surface area contributed by atoms with E-state index in [1.165, 1.54) is 64.3 Å². The fraction of sp³-hybridized carbons (Fsp3) is 0. The fourth-order valence-corrected chi connectivity index (χ4v) is 8.04. The zero-order valence-corrected chi connectivity index (χ0v) is 27.1. The molecule has 9 aromatic rings. The molecule has 0 N–H and O–H groups in total. The summed E-state index contributed by atoms with van der Waals surface area (Å²) in [5.74, 6) is 0. The number of anilines is 3. The molecule has 0 aliphatic carbocycles. The van der Waals surface area contributed by atoms with Gasteiger partial charge in [0.2, 0.25) is 0 Å². The molecule has 0 atom stereocenters. The average Bonchev–Trinajstić information content (AvgIpc) is 3.55. The lowest BCUT2D eigenvalue weighted by Gasteiger charge is -2.26. The second kappa shape index (κ2) is 12.0. The molecule has 48 heavy (non-hydrogen) atoms. The van der Waals surface area contributed by atoms with E-state index in [-0.39, 0.29) is 0 Å². The van der Waals surface area contributed by atoms with Gasteiger partial charge < -0.3 is 4.90 Å². The number of para-hydroxylation sites is 1. The van der Waals surface area contributed by atoms with Crippen molar-refractivity contribution in [2.45, 2.75) is 0 Å². The monoisotopic (exact) mass is 629 g/mol. The molecule has 0 aliphatic rings. The minimum Gasteiger partial charge on any atom is -0.311 e. The van der Waals surface area contributed by atoms with Gasteiger partial charge in [0.25, 0.3) is 0 Å². The smallest absolute Gasteiger partial charge is 0.0462 e. The molecule has 0 fully saturated rings. The molecule has 0 unspecified atom stereocenters. The maximum Gasteiger partial charge on any atom is 0.0462 e. The number of hydrogen-bond donors (Lipinski definition) is 0. The van der Waals surface area contributed by atoms with Gasteiger partial charge in [-0.15, -0.1) is 11.3 Å². The van der Waals surface area contributed by atoms with Crippen molar-refractivity contribution in [3.8, 4) is 33.4 Å². The van der Waals surface area contributed by atoms with Crippen LogP contribution in [0.25, 0.3) is 64.3 Å². The summed E-state index contributed by atoms with van der Waals surface area (Å²) in [4.78, 5) is 2.33. The zero-order chi connectivity index (χ0) is 31.9. The van der Waals surface area contributed by atoms with Crippen molar-refractivity contribution in [3.05, 3.63) is 188 Å². The van der Waals surface area contributed by atoms with E-state index in [0.717, 1.165) is 17.1 Å². The van der Waals surface area contributed by atoms with Gasteiger partial charge in [-0.05, 0) is 98.8 Å². The van der Waals surface area contributed by atoms with Gasteiger partial charge in [-0.1, -0.05) is 133 Å². The maximum atomic E-state index is 2.36. The predicted octanol–water partition coefficient (Wildman–Crippen LogP) is 13.7. The van der Waals surface area contributed by atoms with Gasteiger partial charge in [0, 0.05) is 37.2 Å². The third-order valence-corrected chi connectivity index (χ3v) is 10.5. The number of rotatable bonds is 6. The lowest BCUT2D eigenvalue weighted by molar-refractivity contribution is 1.28. The summed E-state index contributed by atoms with van der Waals surface area (Å²) in [6, 6.07) is 68.0. The Balaban J connectivity index is 1.05. The van der Waals surface area contributed by atoms with Gasteiger partial charge in [-0.3, -0.25) is 0 Å².